The molecule has 2 unspecified atom stereocenters. The van der Waals surface area contributed by atoms with E-state index in [-0.39, 0.29) is 10.8 Å². The number of hydrogen-bond acceptors (Lipinski definition) is 4. The van der Waals surface area contributed by atoms with Gasteiger partial charge in [0.15, 0.2) is 0 Å². The van der Waals surface area contributed by atoms with Crippen LogP contribution in [0, 0.1) is 12.8 Å². The summed E-state index contributed by atoms with van der Waals surface area (Å²) in [6, 6.07) is 1.06. The van der Waals surface area contributed by atoms with E-state index >= 15 is 0 Å². The van der Waals surface area contributed by atoms with E-state index < -0.39 is 28.0 Å². The highest BCUT2D eigenvalue weighted by Gasteiger charge is 2.44. The van der Waals surface area contributed by atoms with E-state index in [1.807, 2.05) is 0 Å². The first-order chi connectivity index (χ1) is 9.28. The van der Waals surface area contributed by atoms with E-state index in [4.69, 9.17) is 11.6 Å². The Morgan fingerprint density at radius 1 is 1.60 bits per heavy atom. The molecule has 112 valence electrons. The topological polar surface area (TPSA) is 74.7 Å². The van der Waals surface area contributed by atoms with Gasteiger partial charge in [-0.15, -0.1) is 11.3 Å². The first kappa shape index (κ1) is 15.8. The molecule has 1 fully saturated rings. The highest BCUT2D eigenvalue weighted by Crippen LogP contribution is 2.37. The molecule has 1 aromatic rings. The largest absolute Gasteiger partial charge is 0.481 e. The van der Waals surface area contributed by atoms with Crippen molar-refractivity contribution in [2.45, 2.75) is 36.9 Å². The number of rotatable bonds is 4. The molecule has 2 heterocycles. The van der Waals surface area contributed by atoms with Gasteiger partial charge in [0.25, 0.3) is 10.0 Å². The van der Waals surface area contributed by atoms with Crippen molar-refractivity contribution < 1.29 is 18.3 Å². The molecule has 1 aromatic heterocycles. The third-order valence-electron chi connectivity index (χ3n) is 3.63. The van der Waals surface area contributed by atoms with Crippen molar-refractivity contribution in [3.05, 3.63) is 16.0 Å². The number of carboxylic acids is 1. The Morgan fingerprint density at radius 3 is 2.70 bits per heavy atom. The zero-order valence-corrected chi connectivity index (χ0v) is 13.6. The van der Waals surface area contributed by atoms with Crippen molar-refractivity contribution in [3.8, 4) is 0 Å². The molecule has 5 nitrogen and oxygen atoms in total. The van der Waals surface area contributed by atoms with Crippen molar-refractivity contribution in [1.82, 2.24) is 4.31 Å². The average molecular weight is 338 g/mol. The van der Waals surface area contributed by atoms with Gasteiger partial charge in [-0.3, -0.25) is 4.79 Å². The predicted molar refractivity (Wildman–Crippen MR) is 77.8 cm³/mol. The minimum atomic E-state index is -3.66. The zero-order chi connectivity index (χ0) is 15.1. The molecule has 0 aliphatic carbocycles. The summed E-state index contributed by atoms with van der Waals surface area (Å²) in [5.74, 6) is -1.57. The Bertz CT molecular complexity index is 606. The summed E-state index contributed by atoms with van der Waals surface area (Å²) in [5, 5.41) is 9.18. The van der Waals surface area contributed by atoms with Crippen LogP contribution in [0.3, 0.4) is 0 Å². The van der Waals surface area contributed by atoms with Crippen LogP contribution in [-0.4, -0.2) is 36.4 Å². The fourth-order valence-corrected chi connectivity index (χ4v) is 6.16. The first-order valence-corrected chi connectivity index (χ1v) is 8.93. The molecule has 1 saturated heterocycles. The van der Waals surface area contributed by atoms with Gasteiger partial charge >= 0.3 is 5.97 Å². The van der Waals surface area contributed by atoms with E-state index in [9.17, 15) is 18.3 Å². The second-order valence-electron chi connectivity index (χ2n) is 4.85. The second-order valence-corrected chi connectivity index (χ2v) is 8.62. The number of carboxylic acid groups (broad SMARTS) is 1. The molecule has 2 atom stereocenters. The Morgan fingerprint density at radius 2 is 2.25 bits per heavy atom. The van der Waals surface area contributed by atoms with Crippen LogP contribution in [0.4, 0.5) is 0 Å². The van der Waals surface area contributed by atoms with Gasteiger partial charge in [0.1, 0.15) is 4.21 Å². The van der Waals surface area contributed by atoms with E-state index in [1.54, 1.807) is 19.9 Å². The van der Waals surface area contributed by atoms with Gasteiger partial charge < -0.3 is 5.11 Å². The summed E-state index contributed by atoms with van der Waals surface area (Å²) in [4.78, 5) is 11.2. The van der Waals surface area contributed by atoms with Gasteiger partial charge in [-0.25, -0.2) is 8.42 Å². The number of halogens is 1. The first-order valence-electron chi connectivity index (χ1n) is 6.29. The molecule has 0 saturated carbocycles. The van der Waals surface area contributed by atoms with E-state index in [1.165, 1.54) is 4.31 Å². The molecule has 1 N–H and O–H groups in total. The number of nitrogens with zero attached hydrogens (tertiary/aromatic N) is 1. The maximum Gasteiger partial charge on any atom is 0.308 e. The Kier molecular flexibility index (Phi) is 4.44. The van der Waals surface area contributed by atoms with Crippen molar-refractivity contribution in [3.63, 3.8) is 0 Å². The zero-order valence-electron chi connectivity index (χ0n) is 11.2. The van der Waals surface area contributed by atoms with Crippen LogP contribution >= 0.6 is 22.9 Å². The van der Waals surface area contributed by atoms with Crippen LogP contribution in [0.2, 0.25) is 4.34 Å². The van der Waals surface area contributed by atoms with Gasteiger partial charge in [0, 0.05) is 12.6 Å². The number of thiophene rings is 1. The van der Waals surface area contributed by atoms with Crippen LogP contribution in [0.25, 0.3) is 0 Å². The Balaban J connectivity index is 2.37. The summed E-state index contributed by atoms with van der Waals surface area (Å²) in [7, 11) is -3.66. The SMILES string of the molecule is CCC1C(C(=O)O)CCN1S(=O)(=O)c1cc(C)c(Cl)s1. The van der Waals surface area contributed by atoms with E-state index in [0.717, 1.165) is 16.9 Å². The van der Waals surface area contributed by atoms with Crippen LogP contribution in [-0.2, 0) is 14.8 Å². The number of carbonyl (C=O) groups is 1. The minimum Gasteiger partial charge on any atom is -0.481 e. The van der Waals surface area contributed by atoms with Crippen molar-refractivity contribution in [1.29, 1.82) is 0 Å². The van der Waals surface area contributed by atoms with Crippen molar-refractivity contribution in [2.75, 3.05) is 6.54 Å². The monoisotopic (exact) mass is 337 g/mol. The summed E-state index contributed by atoms with van der Waals surface area (Å²) in [6.07, 6.45) is 0.833. The van der Waals surface area contributed by atoms with E-state index in [0.29, 0.717) is 17.2 Å². The summed E-state index contributed by atoms with van der Waals surface area (Å²) >= 11 is 6.95. The molecule has 1 aliphatic rings. The standard InChI is InChI=1S/C12H16ClNO4S2/c1-3-9-8(12(15)16)4-5-14(9)20(17,18)10-6-7(2)11(13)19-10/h6,8-9H,3-5H2,1-2H3,(H,15,16). The molecule has 0 aromatic carbocycles. The van der Waals surface area contributed by atoms with Gasteiger partial charge in [-0.1, -0.05) is 18.5 Å². The molecule has 2 rings (SSSR count). The second kappa shape index (κ2) is 5.63. The molecule has 0 bridgehead atoms. The van der Waals surface area contributed by atoms with Gasteiger partial charge in [0.05, 0.1) is 10.3 Å². The quantitative estimate of drug-likeness (QED) is 0.916. The average Bonchev–Trinajstić information content (AvgIpc) is 2.94. The molecule has 0 radical (unpaired) electrons. The van der Waals surface area contributed by atoms with Crippen LogP contribution in [0.1, 0.15) is 25.3 Å². The highest BCUT2D eigenvalue weighted by molar-refractivity contribution is 7.91. The highest BCUT2D eigenvalue weighted by atomic mass is 35.5. The van der Waals surface area contributed by atoms with E-state index in [2.05, 4.69) is 0 Å². The number of aryl methyl sites for hydroxylation is 1. The Hall–Kier alpha value is -0.630. The molecule has 1 aliphatic heterocycles. The fraction of sp³-hybridized carbons (Fsp3) is 0.583. The lowest BCUT2D eigenvalue weighted by Gasteiger charge is -2.24. The van der Waals surface area contributed by atoms with Gasteiger partial charge in [-0.2, -0.15) is 4.31 Å². The van der Waals surface area contributed by atoms with Crippen molar-refractivity contribution >= 4 is 38.9 Å². The molecule has 8 heteroatoms. The molecule has 0 amide bonds. The number of aliphatic carboxylic acids is 1. The summed E-state index contributed by atoms with van der Waals surface area (Å²) in [6.45, 7) is 3.80. The maximum absolute atomic E-state index is 12.6. The van der Waals surface area contributed by atoms with Crippen LogP contribution in [0.5, 0.6) is 0 Å². The number of sulfonamides is 1. The third kappa shape index (κ3) is 2.59. The molecule has 0 spiro atoms. The lowest BCUT2D eigenvalue weighted by molar-refractivity contribution is -0.142. The minimum absolute atomic E-state index is 0.185. The normalized spacial score (nSPS) is 24.1. The maximum atomic E-state index is 12.6. The van der Waals surface area contributed by atoms with Gasteiger partial charge in [-0.05, 0) is 31.4 Å². The lowest BCUT2D eigenvalue weighted by Crippen LogP contribution is -2.39. The van der Waals surface area contributed by atoms with Gasteiger partial charge in [0.2, 0.25) is 0 Å². The molecular formula is C12H16ClNO4S2. The van der Waals surface area contributed by atoms with Crippen molar-refractivity contribution in [2.24, 2.45) is 5.92 Å². The summed E-state index contributed by atoms with van der Waals surface area (Å²) < 4.78 is 27.2. The Labute approximate surface area is 127 Å². The predicted octanol–water partition coefficient (Wildman–Crippen LogP) is 2.58. The fourth-order valence-electron chi connectivity index (χ4n) is 2.57. The number of hydrogen-bond donors (Lipinski definition) is 1. The molecular weight excluding hydrogens is 322 g/mol. The van der Waals surface area contributed by atoms with Crippen LogP contribution in [0.15, 0.2) is 10.3 Å². The summed E-state index contributed by atoms with van der Waals surface area (Å²) in [5.41, 5.74) is 0.720. The smallest absolute Gasteiger partial charge is 0.308 e. The molecule has 20 heavy (non-hydrogen) atoms. The third-order valence-corrected chi connectivity index (χ3v) is 7.56. The lowest BCUT2D eigenvalue weighted by atomic mass is 9.99. The van der Waals surface area contributed by atoms with Crippen LogP contribution < -0.4 is 0 Å².